The van der Waals surface area contributed by atoms with E-state index >= 15 is 0 Å². The van der Waals surface area contributed by atoms with Crippen LogP contribution in [0.3, 0.4) is 0 Å². The number of hydrogen-bond donors (Lipinski definition) is 1. The first-order chi connectivity index (χ1) is 10.8. The number of fused-ring (bicyclic) bond motifs is 1. The maximum absolute atomic E-state index is 3.95. The minimum Gasteiger partial charge on any atom is -0.250 e. The van der Waals surface area contributed by atoms with Gasteiger partial charge in [0.2, 0.25) is 0 Å². The van der Waals surface area contributed by atoms with Gasteiger partial charge in [0, 0.05) is 4.90 Å². The van der Waals surface area contributed by atoms with Gasteiger partial charge >= 0.3 is 0 Å². The van der Waals surface area contributed by atoms with Crippen molar-refractivity contribution >= 4 is 17.5 Å². The Hall–Kier alpha value is -1.77. The minimum atomic E-state index is -0.0589. The monoisotopic (exact) mass is 307 g/mol. The Morgan fingerprint density at radius 1 is 1.09 bits per heavy atom. The molecular weight excluding hydrogens is 286 g/mol. The molecule has 1 aliphatic rings. The van der Waals surface area contributed by atoms with Gasteiger partial charge in [-0.15, -0.1) is 6.58 Å². The zero-order chi connectivity index (χ0) is 15.4. The summed E-state index contributed by atoms with van der Waals surface area (Å²) in [7, 11) is 0. The Kier molecular flexibility index (Phi) is 4.51. The van der Waals surface area contributed by atoms with Gasteiger partial charge in [0.25, 0.3) is 0 Å². The van der Waals surface area contributed by atoms with Gasteiger partial charge in [-0.2, -0.15) is 0 Å². The third-order valence-corrected chi connectivity index (χ3v) is 5.27. The van der Waals surface area contributed by atoms with Crippen LogP contribution in [0.25, 0.3) is 5.57 Å². The summed E-state index contributed by atoms with van der Waals surface area (Å²) in [6, 6.07) is 19.3. The van der Waals surface area contributed by atoms with Crippen LogP contribution in [0.4, 0.5) is 0 Å². The minimum absolute atomic E-state index is 0.0589. The van der Waals surface area contributed by atoms with Crippen molar-refractivity contribution in [2.75, 3.05) is 0 Å². The topological polar surface area (TPSA) is 12.0 Å². The maximum atomic E-state index is 3.95. The van der Waals surface area contributed by atoms with Crippen LogP contribution in [0.15, 0.2) is 78.2 Å². The summed E-state index contributed by atoms with van der Waals surface area (Å²) in [4.78, 5) is 1.27. The highest BCUT2D eigenvalue weighted by Crippen LogP contribution is 2.39. The summed E-state index contributed by atoms with van der Waals surface area (Å²) in [5, 5.41) is 0. The number of rotatable bonds is 4. The van der Waals surface area contributed by atoms with E-state index in [0.717, 1.165) is 12.8 Å². The molecule has 22 heavy (non-hydrogen) atoms. The van der Waals surface area contributed by atoms with Crippen LogP contribution in [-0.2, 0) is 0 Å². The SMILES string of the molecule is C=CCC1(CC)C=C(c2ccccc2)c2ccccc2SN1. The summed E-state index contributed by atoms with van der Waals surface area (Å²) in [6.45, 7) is 6.18. The van der Waals surface area contributed by atoms with Crippen molar-refractivity contribution < 1.29 is 0 Å². The molecule has 0 aliphatic carbocycles. The normalized spacial score (nSPS) is 20.7. The highest BCUT2D eigenvalue weighted by atomic mass is 32.2. The lowest BCUT2D eigenvalue weighted by atomic mass is 9.86. The molecule has 0 spiro atoms. The molecule has 1 unspecified atom stereocenters. The second-order valence-corrected chi connectivity index (χ2v) is 6.47. The maximum Gasteiger partial charge on any atom is 0.0506 e. The van der Waals surface area contributed by atoms with Crippen molar-refractivity contribution in [2.45, 2.75) is 30.2 Å². The lowest BCUT2D eigenvalue weighted by Gasteiger charge is -2.28. The lowest BCUT2D eigenvalue weighted by molar-refractivity contribution is 0.483. The van der Waals surface area contributed by atoms with Crippen LogP contribution in [0.5, 0.6) is 0 Å². The van der Waals surface area contributed by atoms with E-state index < -0.39 is 0 Å². The van der Waals surface area contributed by atoms with Crippen molar-refractivity contribution in [1.82, 2.24) is 4.72 Å². The molecule has 0 radical (unpaired) electrons. The van der Waals surface area contributed by atoms with E-state index in [0.29, 0.717) is 0 Å². The van der Waals surface area contributed by atoms with E-state index in [1.165, 1.54) is 21.6 Å². The average Bonchev–Trinajstić information content (AvgIpc) is 2.74. The van der Waals surface area contributed by atoms with Gasteiger partial charge in [-0.05, 0) is 47.6 Å². The second kappa shape index (κ2) is 6.55. The Morgan fingerprint density at radius 2 is 1.82 bits per heavy atom. The van der Waals surface area contributed by atoms with Gasteiger partial charge in [0.15, 0.2) is 0 Å². The fourth-order valence-corrected chi connectivity index (χ4v) is 3.89. The molecule has 1 atom stereocenters. The van der Waals surface area contributed by atoms with Crippen LogP contribution >= 0.6 is 11.9 Å². The van der Waals surface area contributed by atoms with Gasteiger partial charge in [-0.3, -0.25) is 0 Å². The molecule has 1 aliphatic heterocycles. The van der Waals surface area contributed by atoms with Crippen LogP contribution in [0, 0.1) is 0 Å². The molecule has 2 aromatic rings. The molecule has 1 heterocycles. The third kappa shape index (κ3) is 2.90. The van der Waals surface area contributed by atoms with E-state index in [1.807, 2.05) is 6.08 Å². The van der Waals surface area contributed by atoms with E-state index in [2.05, 4.69) is 78.9 Å². The van der Waals surface area contributed by atoms with Crippen molar-refractivity contribution in [1.29, 1.82) is 0 Å². The van der Waals surface area contributed by atoms with Crippen molar-refractivity contribution in [3.05, 3.63) is 84.5 Å². The smallest absolute Gasteiger partial charge is 0.0506 e. The van der Waals surface area contributed by atoms with Crippen molar-refractivity contribution in [3.8, 4) is 0 Å². The summed E-state index contributed by atoms with van der Waals surface area (Å²) in [5.41, 5.74) is 3.81. The molecule has 2 aromatic carbocycles. The third-order valence-electron chi connectivity index (χ3n) is 4.19. The zero-order valence-electron chi connectivity index (χ0n) is 12.9. The van der Waals surface area contributed by atoms with E-state index in [4.69, 9.17) is 0 Å². The fourth-order valence-electron chi connectivity index (χ4n) is 2.85. The zero-order valence-corrected chi connectivity index (χ0v) is 13.7. The molecule has 0 fully saturated rings. The molecule has 1 nitrogen and oxygen atoms in total. The molecule has 0 saturated carbocycles. The largest absolute Gasteiger partial charge is 0.250 e. The second-order valence-electron chi connectivity index (χ2n) is 5.63. The van der Waals surface area contributed by atoms with Crippen LogP contribution < -0.4 is 4.72 Å². The van der Waals surface area contributed by atoms with E-state index in [1.54, 1.807) is 11.9 Å². The molecule has 0 saturated heterocycles. The Balaban J connectivity index is 2.19. The quantitative estimate of drug-likeness (QED) is 0.595. The Labute approximate surface area is 137 Å². The first-order valence-corrected chi connectivity index (χ1v) is 8.52. The number of hydrogen-bond acceptors (Lipinski definition) is 2. The van der Waals surface area contributed by atoms with Crippen molar-refractivity contribution in [3.63, 3.8) is 0 Å². The average molecular weight is 307 g/mol. The molecule has 3 rings (SSSR count). The lowest BCUT2D eigenvalue weighted by Crippen LogP contribution is -2.37. The molecule has 0 aromatic heterocycles. The van der Waals surface area contributed by atoms with Gasteiger partial charge in [0.05, 0.1) is 5.54 Å². The van der Waals surface area contributed by atoms with Gasteiger partial charge < -0.3 is 0 Å². The van der Waals surface area contributed by atoms with Crippen LogP contribution in [-0.4, -0.2) is 5.54 Å². The molecular formula is C20H21NS. The van der Waals surface area contributed by atoms with Gasteiger partial charge in [-0.25, -0.2) is 4.72 Å². The highest BCUT2D eigenvalue weighted by molar-refractivity contribution is 7.97. The van der Waals surface area contributed by atoms with Crippen LogP contribution in [0.1, 0.15) is 30.9 Å². The van der Waals surface area contributed by atoms with Crippen molar-refractivity contribution in [2.24, 2.45) is 0 Å². The summed E-state index contributed by atoms with van der Waals surface area (Å²) in [5.74, 6) is 0. The van der Waals surface area contributed by atoms with Gasteiger partial charge in [0.1, 0.15) is 0 Å². The molecule has 0 bridgehead atoms. The Bertz CT molecular complexity index is 690. The summed E-state index contributed by atoms with van der Waals surface area (Å²) in [6.07, 6.45) is 6.34. The van der Waals surface area contributed by atoms with E-state index in [-0.39, 0.29) is 5.54 Å². The fraction of sp³-hybridized carbons (Fsp3) is 0.200. The highest BCUT2D eigenvalue weighted by Gasteiger charge is 2.29. The summed E-state index contributed by atoms with van der Waals surface area (Å²) < 4.78 is 3.67. The number of nitrogens with one attached hydrogen (secondary N) is 1. The van der Waals surface area contributed by atoms with Crippen LogP contribution in [0.2, 0.25) is 0 Å². The molecule has 112 valence electrons. The molecule has 2 heteroatoms. The predicted molar refractivity (Wildman–Crippen MR) is 96.8 cm³/mol. The molecule has 0 amide bonds. The van der Waals surface area contributed by atoms with Gasteiger partial charge in [-0.1, -0.05) is 67.6 Å². The molecule has 1 N–H and O–H groups in total. The number of benzene rings is 2. The summed E-state index contributed by atoms with van der Waals surface area (Å²) >= 11 is 1.73. The predicted octanol–water partition coefficient (Wildman–Crippen LogP) is 5.45. The first kappa shape index (κ1) is 15.1. The first-order valence-electron chi connectivity index (χ1n) is 7.70. The standard InChI is InChI=1S/C20H21NS/c1-3-14-20(4-2)15-18(16-10-6-5-7-11-16)17-12-8-9-13-19(17)22-21-20/h3,5-13,15,21H,1,4,14H2,2H3. The van der Waals surface area contributed by atoms with E-state index in [9.17, 15) is 0 Å². The Morgan fingerprint density at radius 3 is 2.55 bits per heavy atom.